The topological polar surface area (TPSA) is 58.6 Å². The molecule has 0 amide bonds. The highest BCUT2D eigenvalue weighted by Gasteiger charge is 2.07. The Kier molecular flexibility index (Phi) is 5.06. The summed E-state index contributed by atoms with van der Waals surface area (Å²) >= 11 is 6.06. The van der Waals surface area contributed by atoms with E-state index < -0.39 is 5.97 Å². The molecule has 0 bridgehead atoms. The number of ether oxygens (including phenoxy) is 1. The molecule has 0 saturated heterocycles. The minimum Gasteiger partial charge on any atom is -0.494 e. The summed E-state index contributed by atoms with van der Waals surface area (Å²) in [6.45, 7) is 3.12. The molecule has 110 valence electrons. The van der Waals surface area contributed by atoms with Gasteiger partial charge in [-0.25, -0.2) is 4.79 Å². The number of anilines is 1. The summed E-state index contributed by atoms with van der Waals surface area (Å²) in [7, 11) is 0. The van der Waals surface area contributed by atoms with Gasteiger partial charge in [0.2, 0.25) is 0 Å². The molecule has 0 aliphatic carbocycles. The highest BCUT2D eigenvalue weighted by Crippen LogP contribution is 2.24. The second-order valence-corrected chi connectivity index (χ2v) is 4.84. The molecule has 0 saturated carbocycles. The lowest BCUT2D eigenvalue weighted by molar-refractivity contribution is 0.0697. The lowest BCUT2D eigenvalue weighted by Gasteiger charge is -2.10. The zero-order valence-corrected chi connectivity index (χ0v) is 12.4. The van der Waals surface area contributed by atoms with Gasteiger partial charge in [0.05, 0.1) is 22.9 Å². The zero-order chi connectivity index (χ0) is 15.2. The SMILES string of the molecule is CCOc1ccc(CNc2cc(C(=O)O)ccc2Cl)cc1. The summed E-state index contributed by atoms with van der Waals surface area (Å²) in [5.74, 6) is -0.150. The van der Waals surface area contributed by atoms with Crippen molar-refractivity contribution in [3.05, 3.63) is 58.6 Å². The highest BCUT2D eigenvalue weighted by molar-refractivity contribution is 6.33. The van der Waals surface area contributed by atoms with Crippen LogP contribution in [0.3, 0.4) is 0 Å². The summed E-state index contributed by atoms with van der Waals surface area (Å²) in [6.07, 6.45) is 0. The first-order valence-corrected chi connectivity index (χ1v) is 6.96. The molecule has 0 atom stereocenters. The Morgan fingerprint density at radius 2 is 1.95 bits per heavy atom. The van der Waals surface area contributed by atoms with Gasteiger partial charge in [-0.05, 0) is 42.8 Å². The van der Waals surface area contributed by atoms with Gasteiger partial charge in [-0.15, -0.1) is 0 Å². The summed E-state index contributed by atoms with van der Waals surface area (Å²) in [5, 5.41) is 12.6. The molecular formula is C16H16ClNO3. The Morgan fingerprint density at radius 3 is 2.57 bits per heavy atom. The van der Waals surface area contributed by atoms with Crippen LogP contribution in [0.5, 0.6) is 5.75 Å². The quantitative estimate of drug-likeness (QED) is 0.845. The summed E-state index contributed by atoms with van der Waals surface area (Å²) in [6, 6.07) is 12.3. The van der Waals surface area contributed by atoms with Crippen LogP contribution < -0.4 is 10.1 Å². The van der Waals surface area contributed by atoms with E-state index in [1.54, 1.807) is 6.07 Å². The molecule has 0 aliphatic rings. The van der Waals surface area contributed by atoms with Crippen LogP contribution in [0.1, 0.15) is 22.8 Å². The fourth-order valence-electron chi connectivity index (χ4n) is 1.86. The standard InChI is InChI=1S/C16H16ClNO3/c1-2-21-13-6-3-11(4-7-13)10-18-15-9-12(16(19)20)5-8-14(15)17/h3-9,18H,2,10H2,1H3,(H,19,20). The molecule has 2 aromatic rings. The van der Waals surface area contributed by atoms with Gasteiger partial charge in [0, 0.05) is 6.54 Å². The minimum absolute atomic E-state index is 0.202. The molecule has 0 aromatic heterocycles. The number of hydrogen-bond donors (Lipinski definition) is 2. The third-order valence-electron chi connectivity index (χ3n) is 2.93. The van der Waals surface area contributed by atoms with E-state index in [1.807, 2.05) is 31.2 Å². The third-order valence-corrected chi connectivity index (χ3v) is 3.26. The lowest BCUT2D eigenvalue weighted by atomic mass is 10.2. The van der Waals surface area contributed by atoms with Crippen molar-refractivity contribution in [2.24, 2.45) is 0 Å². The Balaban J connectivity index is 2.05. The molecule has 0 unspecified atom stereocenters. The number of carbonyl (C=O) groups is 1. The Labute approximate surface area is 128 Å². The molecule has 4 nitrogen and oxygen atoms in total. The van der Waals surface area contributed by atoms with Crippen LogP contribution in [0.15, 0.2) is 42.5 Å². The van der Waals surface area contributed by atoms with Crippen molar-refractivity contribution < 1.29 is 14.6 Å². The van der Waals surface area contributed by atoms with Crippen molar-refractivity contribution in [2.75, 3.05) is 11.9 Å². The molecule has 2 rings (SSSR count). The van der Waals surface area contributed by atoms with Gasteiger partial charge in [-0.1, -0.05) is 23.7 Å². The monoisotopic (exact) mass is 305 g/mol. The van der Waals surface area contributed by atoms with E-state index in [0.29, 0.717) is 23.9 Å². The number of carboxylic acids is 1. The van der Waals surface area contributed by atoms with Gasteiger partial charge in [0.15, 0.2) is 0 Å². The largest absolute Gasteiger partial charge is 0.494 e. The Morgan fingerprint density at radius 1 is 1.24 bits per heavy atom. The Bertz CT molecular complexity index is 626. The van der Waals surface area contributed by atoms with Crippen LogP contribution in [0.2, 0.25) is 5.02 Å². The minimum atomic E-state index is -0.976. The van der Waals surface area contributed by atoms with Crippen molar-refractivity contribution in [1.82, 2.24) is 0 Å². The van der Waals surface area contributed by atoms with Gasteiger partial charge >= 0.3 is 5.97 Å². The predicted octanol–water partition coefficient (Wildman–Crippen LogP) is 4.05. The first-order chi connectivity index (χ1) is 10.1. The first kappa shape index (κ1) is 15.2. The average Bonchev–Trinajstić information content (AvgIpc) is 2.48. The van der Waals surface area contributed by atoms with Crippen molar-refractivity contribution in [2.45, 2.75) is 13.5 Å². The third kappa shape index (κ3) is 4.13. The number of carboxylic acid groups (broad SMARTS) is 1. The molecule has 21 heavy (non-hydrogen) atoms. The van der Waals surface area contributed by atoms with E-state index in [4.69, 9.17) is 21.4 Å². The van der Waals surface area contributed by atoms with Gasteiger partial charge in [0.1, 0.15) is 5.75 Å². The van der Waals surface area contributed by atoms with Crippen molar-refractivity contribution >= 4 is 23.3 Å². The molecule has 0 spiro atoms. The smallest absolute Gasteiger partial charge is 0.335 e. The maximum Gasteiger partial charge on any atom is 0.335 e. The molecular weight excluding hydrogens is 290 g/mol. The van der Waals surface area contributed by atoms with Crippen molar-refractivity contribution in [3.8, 4) is 5.75 Å². The second-order valence-electron chi connectivity index (χ2n) is 4.43. The van der Waals surface area contributed by atoms with E-state index in [0.717, 1.165) is 11.3 Å². The van der Waals surface area contributed by atoms with Crippen LogP contribution in [-0.2, 0) is 6.54 Å². The molecule has 0 aliphatic heterocycles. The van der Waals surface area contributed by atoms with Crippen molar-refractivity contribution in [3.63, 3.8) is 0 Å². The van der Waals surface area contributed by atoms with Crippen LogP contribution in [0, 0.1) is 0 Å². The van der Waals surface area contributed by atoms with Crippen molar-refractivity contribution in [1.29, 1.82) is 0 Å². The maximum atomic E-state index is 11.0. The molecule has 2 N–H and O–H groups in total. The number of nitrogens with one attached hydrogen (secondary N) is 1. The Hall–Kier alpha value is -2.20. The number of aromatic carboxylic acids is 1. The number of benzene rings is 2. The van der Waals surface area contributed by atoms with Crippen LogP contribution >= 0.6 is 11.6 Å². The molecule has 5 heteroatoms. The van der Waals surface area contributed by atoms with Crippen LogP contribution in [0.25, 0.3) is 0 Å². The average molecular weight is 306 g/mol. The molecule has 0 heterocycles. The predicted molar refractivity (Wildman–Crippen MR) is 83.3 cm³/mol. The van der Waals surface area contributed by atoms with E-state index in [1.165, 1.54) is 12.1 Å². The summed E-state index contributed by atoms with van der Waals surface area (Å²) in [4.78, 5) is 11.0. The number of rotatable bonds is 6. The zero-order valence-electron chi connectivity index (χ0n) is 11.6. The van der Waals surface area contributed by atoms with E-state index >= 15 is 0 Å². The summed E-state index contributed by atoms with van der Waals surface area (Å²) < 4.78 is 5.38. The van der Waals surface area contributed by atoms with Crippen LogP contribution in [-0.4, -0.2) is 17.7 Å². The van der Waals surface area contributed by atoms with Gasteiger partial charge in [0.25, 0.3) is 0 Å². The van der Waals surface area contributed by atoms with E-state index in [-0.39, 0.29) is 5.56 Å². The number of hydrogen-bond acceptors (Lipinski definition) is 3. The normalized spacial score (nSPS) is 10.2. The van der Waals surface area contributed by atoms with Crippen LogP contribution in [0.4, 0.5) is 5.69 Å². The molecule has 0 fully saturated rings. The summed E-state index contributed by atoms with van der Waals surface area (Å²) in [5.41, 5.74) is 1.86. The van der Waals surface area contributed by atoms with Gasteiger partial charge < -0.3 is 15.2 Å². The van der Waals surface area contributed by atoms with E-state index in [2.05, 4.69) is 5.32 Å². The number of halogens is 1. The lowest BCUT2D eigenvalue weighted by Crippen LogP contribution is -2.03. The second kappa shape index (κ2) is 6.99. The van der Waals surface area contributed by atoms with Gasteiger partial charge in [-0.3, -0.25) is 0 Å². The maximum absolute atomic E-state index is 11.0. The molecule has 0 radical (unpaired) electrons. The van der Waals surface area contributed by atoms with E-state index in [9.17, 15) is 4.79 Å². The fraction of sp³-hybridized carbons (Fsp3) is 0.188. The highest BCUT2D eigenvalue weighted by atomic mass is 35.5. The van der Waals surface area contributed by atoms with Gasteiger partial charge in [-0.2, -0.15) is 0 Å². The molecule has 2 aromatic carbocycles. The first-order valence-electron chi connectivity index (χ1n) is 6.58. The fourth-order valence-corrected chi connectivity index (χ4v) is 2.05.